The smallest absolute Gasteiger partial charge is 0.315 e. The van der Waals surface area contributed by atoms with Gasteiger partial charge in [0.25, 0.3) is 0 Å². The summed E-state index contributed by atoms with van der Waals surface area (Å²) in [6, 6.07) is 27.5. The molecule has 0 fully saturated rings. The standard InChI is InChI=1S/C31H39N5O2/c1-24(2)19-31(23-37,18-17-25-9-5-3-6-10-25)36-29(32)33-20-27-13-15-28(16-14-27)22-35-30(38)34-21-26-11-7-4-8-12-26/h3-16,23-24H,17-22H2,1-2H3,(H3,32,33,36)(H2,34,35,38). The summed E-state index contributed by atoms with van der Waals surface area (Å²) in [5.74, 6) is 0.435. The SMILES string of the molecule is CC(C)CC(C=O)(CCc1ccccc1)NC(=N)NCc1ccc(CNC(=O)NCc2ccccc2)cc1. The quantitative estimate of drug-likeness (QED) is 0.127. The second-order valence-corrected chi connectivity index (χ2v) is 10.0. The molecule has 0 spiro atoms. The molecule has 3 rings (SSSR count). The molecule has 0 aliphatic carbocycles. The summed E-state index contributed by atoms with van der Waals surface area (Å²) in [7, 11) is 0. The van der Waals surface area contributed by atoms with Gasteiger partial charge in [-0.2, -0.15) is 0 Å². The molecule has 5 N–H and O–H groups in total. The summed E-state index contributed by atoms with van der Waals surface area (Å²) in [5.41, 5.74) is 3.40. The largest absolute Gasteiger partial charge is 0.352 e. The summed E-state index contributed by atoms with van der Waals surface area (Å²) in [4.78, 5) is 24.3. The van der Waals surface area contributed by atoms with Crippen LogP contribution in [-0.4, -0.2) is 23.8 Å². The van der Waals surface area contributed by atoms with E-state index in [2.05, 4.69) is 47.2 Å². The van der Waals surface area contributed by atoms with Crippen LogP contribution in [0.25, 0.3) is 0 Å². The van der Waals surface area contributed by atoms with E-state index in [0.29, 0.717) is 38.4 Å². The first-order valence-electron chi connectivity index (χ1n) is 13.1. The third-order valence-electron chi connectivity index (χ3n) is 6.32. The topological polar surface area (TPSA) is 106 Å². The van der Waals surface area contributed by atoms with E-state index in [1.54, 1.807) is 0 Å². The van der Waals surface area contributed by atoms with Crippen LogP contribution in [0.5, 0.6) is 0 Å². The summed E-state index contributed by atoms with van der Waals surface area (Å²) in [6.07, 6.45) is 2.98. The lowest BCUT2D eigenvalue weighted by Gasteiger charge is -2.32. The molecular formula is C31H39N5O2. The van der Waals surface area contributed by atoms with Crippen LogP contribution in [0.4, 0.5) is 4.79 Å². The number of hydrogen-bond acceptors (Lipinski definition) is 3. The molecule has 7 nitrogen and oxygen atoms in total. The van der Waals surface area contributed by atoms with Crippen molar-refractivity contribution in [1.82, 2.24) is 21.3 Å². The third kappa shape index (κ3) is 9.73. The summed E-state index contributed by atoms with van der Waals surface area (Å²) in [5, 5.41) is 20.4. The first-order chi connectivity index (χ1) is 18.4. The van der Waals surface area contributed by atoms with Gasteiger partial charge in [-0.25, -0.2) is 4.79 Å². The average Bonchev–Trinajstić information content (AvgIpc) is 2.94. The van der Waals surface area contributed by atoms with Crippen LogP contribution in [0.2, 0.25) is 0 Å². The molecule has 7 heteroatoms. The van der Waals surface area contributed by atoms with E-state index in [1.807, 2.05) is 72.8 Å². The molecule has 1 atom stereocenters. The predicted octanol–water partition coefficient (Wildman–Crippen LogP) is 4.92. The Hall–Kier alpha value is -4.13. The van der Waals surface area contributed by atoms with Gasteiger partial charge in [-0.3, -0.25) is 5.41 Å². The van der Waals surface area contributed by atoms with Crippen molar-refractivity contribution in [3.8, 4) is 0 Å². The molecule has 0 aliphatic rings. The number of aryl methyl sites for hydroxylation is 1. The van der Waals surface area contributed by atoms with Gasteiger partial charge < -0.3 is 26.1 Å². The lowest BCUT2D eigenvalue weighted by molar-refractivity contribution is -0.113. The van der Waals surface area contributed by atoms with Gasteiger partial charge in [0.2, 0.25) is 0 Å². The van der Waals surface area contributed by atoms with Gasteiger partial charge in [-0.1, -0.05) is 98.8 Å². The fourth-order valence-electron chi connectivity index (χ4n) is 4.37. The fourth-order valence-corrected chi connectivity index (χ4v) is 4.37. The van der Waals surface area contributed by atoms with Crippen molar-refractivity contribution in [3.63, 3.8) is 0 Å². The number of carbonyl (C=O) groups excluding carboxylic acids is 2. The molecule has 2 amide bonds. The van der Waals surface area contributed by atoms with Crippen LogP contribution < -0.4 is 21.3 Å². The van der Waals surface area contributed by atoms with Gasteiger partial charge in [0, 0.05) is 19.6 Å². The minimum atomic E-state index is -0.801. The van der Waals surface area contributed by atoms with Crippen molar-refractivity contribution in [1.29, 1.82) is 5.41 Å². The Bertz CT molecular complexity index is 1150. The van der Waals surface area contributed by atoms with E-state index < -0.39 is 5.54 Å². The number of urea groups is 1. The number of aldehydes is 1. The van der Waals surface area contributed by atoms with Gasteiger partial charge in [0.1, 0.15) is 6.29 Å². The first kappa shape index (κ1) is 28.4. The van der Waals surface area contributed by atoms with Gasteiger partial charge in [0.05, 0.1) is 5.54 Å². The monoisotopic (exact) mass is 513 g/mol. The average molecular weight is 514 g/mol. The van der Waals surface area contributed by atoms with Crippen molar-refractivity contribution in [2.24, 2.45) is 5.92 Å². The van der Waals surface area contributed by atoms with Gasteiger partial charge in [-0.05, 0) is 47.4 Å². The van der Waals surface area contributed by atoms with Crippen LogP contribution in [0.15, 0.2) is 84.9 Å². The zero-order chi connectivity index (χ0) is 27.2. The van der Waals surface area contributed by atoms with E-state index in [9.17, 15) is 9.59 Å². The fraction of sp³-hybridized carbons (Fsp3) is 0.323. The van der Waals surface area contributed by atoms with Crippen LogP contribution in [0, 0.1) is 11.3 Å². The highest BCUT2D eigenvalue weighted by atomic mass is 16.2. The van der Waals surface area contributed by atoms with Gasteiger partial charge >= 0.3 is 6.03 Å². The Kier molecular flexibility index (Phi) is 10.9. The Morgan fingerprint density at radius 1 is 0.763 bits per heavy atom. The number of rotatable bonds is 13. The molecule has 1 unspecified atom stereocenters. The molecule has 0 aliphatic heterocycles. The summed E-state index contributed by atoms with van der Waals surface area (Å²) < 4.78 is 0. The minimum Gasteiger partial charge on any atom is -0.352 e. The van der Waals surface area contributed by atoms with E-state index in [-0.39, 0.29) is 12.0 Å². The molecule has 0 heterocycles. The molecule has 0 aromatic heterocycles. The van der Waals surface area contributed by atoms with E-state index in [0.717, 1.165) is 29.4 Å². The Balaban J connectivity index is 1.45. The molecular weight excluding hydrogens is 474 g/mol. The molecule has 0 saturated carbocycles. The molecule has 38 heavy (non-hydrogen) atoms. The number of nitrogens with one attached hydrogen (secondary N) is 5. The molecule has 0 bridgehead atoms. The van der Waals surface area contributed by atoms with E-state index in [1.165, 1.54) is 5.56 Å². The van der Waals surface area contributed by atoms with Crippen molar-refractivity contribution in [2.45, 2.75) is 58.3 Å². The maximum absolute atomic E-state index is 12.2. The Morgan fingerprint density at radius 3 is 1.74 bits per heavy atom. The number of carbonyl (C=O) groups is 2. The highest BCUT2D eigenvalue weighted by Crippen LogP contribution is 2.21. The molecule has 0 saturated heterocycles. The van der Waals surface area contributed by atoms with Crippen molar-refractivity contribution >= 4 is 18.3 Å². The first-order valence-corrected chi connectivity index (χ1v) is 13.1. The van der Waals surface area contributed by atoms with Gasteiger partial charge in [-0.15, -0.1) is 0 Å². The number of guanidine groups is 1. The van der Waals surface area contributed by atoms with Crippen molar-refractivity contribution in [2.75, 3.05) is 0 Å². The second kappa shape index (κ2) is 14.6. The minimum absolute atomic E-state index is 0.131. The van der Waals surface area contributed by atoms with Crippen molar-refractivity contribution < 1.29 is 9.59 Å². The van der Waals surface area contributed by atoms with Crippen LogP contribution in [0.1, 0.15) is 48.9 Å². The van der Waals surface area contributed by atoms with Gasteiger partial charge in [0.15, 0.2) is 5.96 Å². The predicted molar refractivity (Wildman–Crippen MR) is 153 cm³/mol. The van der Waals surface area contributed by atoms with Crippen LogP contribution in [-0.2, 0) is 30.8 Å². The Morgan fingerprint density at radius 2 is 1.24 bits per heavy atom. The highest BCUT2D eigenvalue weighted by Gasteiger charge is 2.31. The lowest BCUT2D eigenvalue weighted by Crippen LogP contribution is -2.54. The number of benzene rings is 3. The maximum atomic E-state index is 12.2. The van der Waals surface area contributed by atoms with Crippen LogP contribution >= 0.6 is 0 Å². The highest BCUT2D eigenvalue weighted by molar-refractivity contribution is 5.82. The molecule has 3 aromatic carbocycles. The summed E-state index contributed by atoms with van der Waals surface area (Å²) in [6.45, 7) is 5.52. The number of amides is 2. The van der Waals surface area contributed by atoms with Crippen molar-refractivity contribution in [3.05, 3.63) is 107 Å². The maximum Gasteiger partial charge on any atom is 0.315 e. The third-order valence-corrected chi connectivity index (χ3v) is 6.32. The second-order valence-electron chi connectivity index (χ2n) is 10.0. The number of hydrogen-bond donors (Lipinski definition) is 5. The Labute approximate surface area is 225 Å². The zero-order valence-corrected chi connectivity index (χ0v) is 22.3. The normalized spacial score (nSPS) is 12.3. The molecule has 200 valence electrons. The molecule has 0 radical (unpaired) electrons. The molecule has 3 aromatic rings. The van der Waals surface area contributed by atoms with E-state index in [4.69, 9.17) is 5.41 Å². The van der Waals surface area contributed by atoms with Crippen LogP contribution in [0.3, 0.4) is 0 Å². The van der Waals surface area contributed by atoms with E-state index >= 15 is 0 Å². The zero-order valence-electron chi connectivity index (χ0n) is 22.3. The lowest BCUT2D eigenvalue weighted by atomic mass is 9.85. The summed E-state index contributed by atoms with van der Waals surface area (Å²) >= 11 is 0.